The van der Waals surface area contributed by atoms with E-state index in [1.807, 2.05) is 39.0 Å². The molecule has 0 saturated carbocycles. The number of aromatic nitrogens is 1. The Morgan fingerprint density at radius 2 is 2.29 bits per heavy atom. The van der Waals surface area contributed by atoms with Crippen LogP contribution in [0.5, 0.6) is 0 Å². The zero-order chi connectivity index (χ0) is 15.0. The first kappa shape index (κ1) is 14.1. The summed E-state index contributed by atoms with van der Waals surface area (Å²) in [6.45, 7) is 6.92. The molecule has 1 amide bonds. The maximum absolute atomic E-state index is 12.4. The summed E-state index contributed by atoms with van der Waals surface area (Å²) >= 11 is 0. The van der Waals surface area contributed by atoms with Crippen molar-refractivity contribution in [3.05, 3.63) is 24.1 Å². The average Bonchev–Trinajstić information content (AvgIpc) is 3.05. The Morgan fingerprint density at radius 1 is 1.48 bits per heavy atom. The summed E-state index contributed by atoms with van der Waals surface area (Å²) in [7, 11) is 0. The van der Waals surface area contributed by atoms with Crippen LogP contribution in [-0.2, 0) is 4.79 Å². The van der Waals surface area contributed by atoms with E-state index in [2.05, 4.69) is 15.6 Å². The molecule has 5 heteroatoms. The van der Waals surface area contributed by atoms with Crippen molar-refractivity contribution in [1.29, 1.82) is 0 Å². The minimum absolute atomic E-state index is 0.00641. The Hall–Kier alpha value is -1.88. The van der Waals surface area contributed by atoms with E-state index >= 15 is 0 Å². The molecule has 0 bridgehead atoms. The lowest BCUT2D eigenvalue weighted by Gasteiger charge is -2.22. The largest absolute Gasteiger partial charge is 0.440 e. The van der Waals surface area contributed by atoms with E-state index in [-0.39, 0.29) is 11.8 Å². The first-order valence-electron chi connectivity index (χ1n) is 7.45. The lowest BCUT2D eigenvalue weighted by Crippen LogP contribution is -2.47. The molecule has 1 aromatic carbocycles. The lowest BCUT2D eigenvalue weighted by atomic mass is 9.99. The number of rotatable bonds is 3. The number of carbonyl (C=O) groups is 1. The van der Waals surface area contributed by atoms with Crippen molar-refractivity contribution in [3.8, 4) is 0 Å². The summed E-state index contributed by atoms with van der Waals surface area (Å²) in [6.07, 6.45) is 1.90. The fourth-order valence-corrected chi connectivity index (χ4v) is 2.63. The van der Waals surface area contributed by atoms with Crippen molar-refractivity contribution >= 4 is 22.7 Å². The molecule has 2 N–H and O–H groups in total. The Bertz CT molecular complexity index is 669. The molecule has 1 aliphatic rings. The van der Waals surface area contributed by atoms with Crippen LogP contribution in [0.4, 0.5) is 5.69 Å². The SMILES string of the molecule is CC(C)c1nc2cc(NC(=O)C3(C)CCCN3)ccc2o1. The summed E-state index contributed by atoms with van der Waals surface area (Å²) in [4.78, 5) is 16.8. The number of nitrogens with one attached hydrogen (secondary N) is 2. The van der Waals surface area contributed by atoms with E-state index in [9.17, 15) is 4.79 Å². The second-order valence-electron chi connectivity index (χ2n) is 6.21. The Morgan fingerprint density at radius 3 is 2.95 bits per heavy atom. The van der Waals surface area contributed by atoms with Crippen molar-refractivity contribution < 1.29 is 9.21 Å². The van der Waals surface area contributed by atoms with E-state index in [1.165, 1.54) is 0 Å². The minimum atomic E-state index is -0.470. The molecule has 1 saturated heterocycles. The smallest absolute Gasteiger partial charge is 0.244 e. The van der Waals surface area contributed by atoms with Gasteiger partial charge in [0.15, 0.2) is 11.5 Å². The van der Waals surface area contributed by atoms with E-state index in [0.29, 0.717) is 0 Å². The molecule has 2 heterocycles. The first-order valence-corrected chi connectivity index (χ1v) is 7.45. The van der Waals surface area contributed by atoms with Crippen LogP contribution in [0, 0.1) is 0 Å². The molecule has 1 unspecified atom stereocenters. The van der Waals surface area contributed by atoms with Crippen LogP contribution in [0.15, 0.2) is 22.6 Å². The average molecular weight is 287 g/mol. The molecule has 21 heavy (non-hydrogen) atoms. The molecule has 1 atom stereocenters. The molecule has 2 aromatic rings. The number of carbonyl (C=O) groups excluding carboxylic acids is 1. The zero-order valence-corrected chi connectivity index (χ0v) is 12.7. The van der Waals surface area contributed by atoms with Gasteiger partial charge in [-0.3, -0.25) is 4.79 Å². The van der Waals surface area contributed by atoms with Crippen molar-refractivity contribution in [2.45, 2.75) is 45.1 Å². The quantitative estimate of drug-likeness (QED) is 0.910. The normalized spacial score (nSPS) is 22.1. The molecule has 0 spiro atoms. The molecular formula is C16H21N3O2. The third-order valence-corrected chi connectivity index (χ3v) is 4.03. The van der Waals surface area contributed by atoms with Gasteiger partial charge in [-0.25, -0.2) is 4.98 Å². The molecule has 0 aliphatic carbocycles. The highest BCUT2D eigenvalue weighted by molar-refractivity contribution is 5.99. The van der Waals surface area contributed by atoms with E-state index in [0.717, 1.165) is 42.1 Å². The Labute approximate surface area is 124 Å². The summed E-state index contributed by atoms with van der Waals surface area (Å²) in [5.74, 6) is 0.974. The van der Waals surface area contributed by atoms with Gasteiger partial charge < -0.3 is 15.1 Å². The van der Waals surface area contributed by atoms with Crippen molar-refractivity contribution in [2.24, 2.45) is 0 Å². The number of fused-ring (bicyclic) bond motifs is 1. The molecule has 3 rings (SSSR count). The number of hydrogen-bond acceptors (Lipinski definition) is 4. The van der Waals surface area contributed by atoms with Gasteiger partial charge >= 0.3 is 0 Å². The van der Waals surface area contributed by atoms with Crippen molar-refractivity contribution in [2.75, 3.05) is 11.9 Å². The second-order valence-corrected chi connectivity index (χ2v) is 6.21. The van der Waals surface area contributed by atoms with Crippen molar-refractivity contribution in [3.63, 3.8) is 0 Å². The van der Waals surface area contributed by atoms with Gasteiger partial charge in [0.25, 0.3) is 0 Å². The van der Waals surface area contributed by atoms with Crippen LogP contribution in [0.1, 0.15) is 45.4 Å². The maximum atomic E-state index is 12.4. The predicted octanol–water partition coefficient (Wildman–Crippen LogP) is 3.03. The van der Waals surface area contributed by atoms with Crippen LogP contribution >= 0.6 is 0 Å². The van der Waals surface area contributed by atoms with Gasteiger partial charge in [-0.05, 0) is 44.5 Å². The van der Waals surface area contributed by atoms with E-state index in [1.54, 1.807) is 0 Å². The molecule has 1 aromatic heterocycles. The van der Waals surface area contributed by atoms with Gasteiger partial charge in [-0.15, -0.1) is 0 Å². The van der Waals surface area contributed by atoms with Gasteiger partial charge in [0.1, 0.15) is 5.52 Å². The van der Waals surface area contributed by atoms with E-state index < -0.39 is 5.54 Å². The summed E-state index contributed by atoms with van der Waals surface area (Å²) in [5.41, 5.74) is 1.82. The Kier molecular flexibility index (Phi) is 3.45. The van der Waals surface area contributed by atoms with Crippen LogP contribution < -0.4 is 10.6 Å². The molecular weight excluding hydrogens is 266 g/mol. The monoisotopic (exact) mass is 287 g/mol. The second kappa shape index (κ2) is 5.15. The minimum Gasteiger partial charge on any atom is -0.440 e. The number of benzene rings is 1. The van der Waals surface area contributed by atoms with Crippen LogP contribution in [-0.4, -0.2) is 23.0 Å². The Balaban J connectivity index is 1.82. The van der Waals surface area contributed by atoms with Crippen LogP contribution in [0.25, 0.3) is 11.1 Å². The lowest BCUT2D eigenvalue weighted by molar-refractivity contribution is -0.121. The highest BCUT2D eigenvalue weighted by atomic mass is 16.3. The summed E-state index contributed by atoms with van der Waals surface area (Å²) < 4.78 is 5.67. The molecule has 1 aliphatic heterocycles. The number of hydrogen-bond donors (Lipinski definition) is 2. The van der Waals surface area contributed by atoms with Gasteiger partial charge in [0, 0.05) is 11.6 Å². The highest BCUT2D eigenvalue weighted by Crippen LogP contribution is 2.25. The van der Waals surface area contributed by atoms with Crippen molar-refractivity contribution in [1.82, 2.24) is 10.3 Å². The maximum Gasteiger partial charge on any atom is 0.244 e. The molecule has 1 fully saturated rings. The topological polar surface area (TPSA) is 67.2 Å². The third-order valence-electron chi connectivity index (χ3n) is 4.03. The number of amides is 1. The van der Waals surface area contributed by atoms with Gasteiger partial charge in [0.05, 0.1) is 5.54 Å². The molecule has 5 nitrogen and oxygen atoms in total. The molecule has 0 radical (unpaired) electrons. The van der Waals surface area contributed by atoms with Gasteiger partial charge in [-0.1, -0.05) is 13.8 Å². The fourth-order valence-electron chi connectivity index (χ4n) is 2.63. The van der Waals surface area contributed by atoms with Gasteiger partial charge in [0.2, 0.25) is 5.91 Å². The molecule has 112 valence electrons. The zero-order valence-electron chi connectivity index (χ0n) is 12.7. The fraction of sp³-hybridized carbons (Fsp3) is 0.500. The summed E-state index contributed by atoms with van der Waals surface area (Å²) in [6, 6.07) is 5.57. The number of oxazole rings is 1. The van der Waals surface area contributed by atoms with Crippen LogP contribution in [0.2, 0.25) is 0 Å². The van der Waals surface area contributed by atoms with E-state index in [4.69, 9.17) is 4.42 Å². The predicted molar refractivity (Wildman–Crippen MR) is 82.4 cm³/mol. The first-order chi connectivity index (χ1) is 9.98. The van der Waals surface area contributed by atoms with Crippen LogP contribution in [0.3, 0.4) is 0 Å². The number of nitrogens with zero attached hydrogens (tertiary/aromatic N) is 1. The highest BCUT2D eigenvalue weighted by Gasteiger charge is 2.35. The standard InChI is InChI=1S/C16H21N3O2/c1-10(2)14-19-12-9-11(5-6-13(12)21-14)18-15(20)16(3)7-4-8-17-16/h5-6,9-10,17H,4,7-8H2,1-3H3,(H,18,20). The summed E-state index contributed by atoms with van der Waals surface area (Å²) in [5, 5.41) is 6.23. The van der Waals surface area contributed by atoms with Gasteiger partial charge in [-0.2, -0.15) is 0 Å². The third kappa shape index (κ3) is 2.65. The number of anilines is 1.